The summed E-state index contributed by atoms with van der Waals surface area (Å²) in [6, 6.07) is 6.27. The molecule has 0 saturated carbocycles. The van der Waals surface area contributed by atoms with E-state index in [0.29, 0.717) is 18.7 Å². The lowest BCUT2D eigenvalue weighted by Crippen LogP contribution is -2.34. The fourth-order valence-electron chi connectivity index (χ4n) is 3.54. The maximum atomic E-state index is 12.6. The molecule has 2 aliphatic heterocycles. The van der Waals surface area contributed by atoms with E-state index in [2.05, 4.69) is 19.2 Å². The second-order valence-electron chi connectivity index (χ2n) is 6.77. The van der Waals surface area contributed by atoms with Gasteiger partial charge in [0.05, 0.1) is 5.56 Å². The van der Waals surface area contributed by atoms with Crippen LogP contribution in [-0.2, 0) is 0 Å². The first-order valence-corrected chi connectivity index (χ1v) is 7.18. The van der Waals surface area contributed by atoms with Crippen molar-refractivity contribution in [1.29, 1.82) is 0 Å². The van der Waals surface area contributed by atoms with Crippen molar-refractivity contribution < 1.29 is 14.7 Å². The van der Waals surface area contributed by atoms with Crippen LogP contribution in [-0.4, -0.2) is 48.1 Å². The maximum Gasteiger partial charge on any atom is 0.335 e. The molecule has 2 fully saturated rings. The molecule has 0 bridgehead atoms. The van der Waals surface area contributed by atoms with Gasteiger partial charge in [-0.05, 0) is 18.2 Å². The predicted octanol–water partition coefficient (Wildman–Crippen LogP) is 1.46. The molecule has 112 valence electrons. The molecule has 0 aliphatic carbocycles. The molecule has 1 aromatic carbocycles. The number of aromatic carboxylic acids is 1. The Hall–Kier alpha value is -1.88. The number of rotatable bonds is 2. The third-order valence-corrected chi connectivity index (χ3v) is 5.21. The van der Waals surface area contributed by atoms with E-state index in [1.807, 2.05) is 4.90 Å². The van der Waals surface area contributed by atoms with Crippen molar-refractivity contribution in [2.45, 2.75) is 13.8 Å². The van der Waals surface area contributed by atoms with Crippen molar-refractivity contribution in [3.8, 4) is 0 Å². The van der Waals surface area contributed by atoms with Gasteiger partial charge in [0.1, 0.15) is 0 Å². The minimum Gasteiger partial charge on any atom is -0.478 e. The zero-order valence-corrected chi connectivity index (χ0v) is 12.3. The number of carboxylic acids is 1. The van der Waals surface area contributed by atoms with Crippen molar-refractivity contribution in [3.05, 3.63) is 35.4 Å². The first-order valence-electron chi connectivity index (χ1n) is 7.18. The number of nitrogens with one attached hydrogen (secondary N) is 1. The van der Waals surface area contributed by atoms with Crippen LogP contribution >= 0.6 is 0 Å². The number of nitrogens with zero attached hydrogens (tertiary/aromatic N) is 1. The average molecular weight is 288 g/mol. The lowest BCUT2D eigenvalue weighted by Gasteiger charge is -2.30. The molecule has 0 unspecified atom stereocenters. The van der Waals surface area contributed by atoms with E-state index in [9.17, 15) is 9.59 Å². The zero-order chi connectivity index (χ0) is 15.3. The Bertz CT molecular complexity index is 597. The Kier molecular flexibility index (Phi) is 3.06. The highest BCUT2D eigenvalue weighted by atomic mass is 16.4. The van der Waals surface area contributed by atoms with E-state index < -0.39 is 5.97 Å². The molecule has 1 aromatic rings. The summed E-state index contributed by atoms with van der Waals surface area (Å²) in [5.74, 6) is -1.08. The number of amides is 1. The summed E-state index contributed by atoms with van der Waals surface area (Å²) in [5.41, 5.74) is 0.787. The van der Waals surface area contributed by atoms with Gasteiger partial charge < -0.3 is 15.3 Å². The Morgan fingerprint density at radius 1 is 1.14 bits per heavy atom. The molecule has 2 saturated heterocycles. The molecule has 5 nitrogen and oxygen atoms in total. The smallest absolute Gasteiger partial charge is 0.335 e. The fraction of sp³-hybridized carbons (Fsp3) is 0.500. The Morgan fingerprint density at radius 3 is 2.29 bits per heavy atom. The molecular formula is C16H20N2O3. The molecule has 2 aliphatic rings. The highest BCUT2D eigenvalue weighted by molar-refractivity contribution is 5.97. The summed E-state index contributed by atoms with van der Waals surface area (Å²) in [6.45, 7) is 7.70. The summed E-state index contributed by atoms with van der Waals surface area (Å²) >= 11 is 0. The van der Waals surface area contributed by atoms with E-state index in [4.69, 9.17) is 5.11 Å². The van der Waals surface area contributed by atoms with Gasteiger partial charge >= 0.3 is 5.97 Å². The van der Waals surface area contributed by atoms with Gasteiger partial charge in [0.2, 0.25) is 0 Å². The molecule has 5 heteroatoms. The number of hydrogen-bond acceptors (Lipinski definition) is 3. The van der Waals surface area contributed by atoms with E-state index in [1.54, 1.807) is 12.1 Å². The van der Waals surface area contributed by atoms with Gasteiger partial charge in [-0.3, -0.25) is 4.79 Å². The quantitative estimate of drug-likeness (QED) is 0.864. The van der Waals surface area contributed by atoms with Gasteiger partial charge in [-0.25, -0.2) is 4.79 Å². The van der Waals surface area contributed by atoms with Gasteiger partial charge in [-0.2, -0.15) is 0 Å². The van der Waals surface area contributed by atoms with Crippen LogP contribution in [0.5, 0.6) is 0 Å². The van der Waals surface area contributed by atoms with E-state index >= 15 is 0 Å². The van der Waals surface area contributed by atoms with Crippen molar-refractivity contribution in [3.63, 3.8) is 0 Å². The molecule has 21 heavy (non-hydrogen) atoms. The molecule has 2 atom stereocenters. The van der Waals surface area contributed by atoms with Crippen molar-refractivity contribution in [2.75, 3.05) is 26.2 Å². The highest BCUT2D eigenvalue weighted by Crippen LogP contribution is 2.48. The number of carboxylic acid groups (broad SMARTS) is 1. The van der Waals surface area contributed by atoms with Gasteiger partial charge in [0.15, 0.2) is 0 Å². The van der Waals surface area contributed by atoms with Crippen LogP contribution in [0.2, 0.25) is 0 Å². The summed E-state index contributed by atoms with van der Waals surface area (Å²) in [7, 11) is 0. The standard InChI is InChI=1S/C16H20N2O3/c1-15-7-17-8-16(15,2)10-18(9-15)13(19)11-4-3-5-12(6-11)14(20)21/h3-6,17H,7-10H2,1-2H3,(H,20,21)/t15-,16+. The lowest BCUT2D eigenvalue weighted by atomic mass is 9.71. The maximum absolute atomic E-state index is 12.6. The van der Waals surface area contributed by atoms with Crippen LogP contribution in [0, 0.1) is 10.8 Å². The largest absolute Gasteiger partial charge is 0.478 e. The molecule has 0 aromatic heterocycles. The SMILES string of the molecule is C[C@@]12CNC[C@]1(C)CN(C(=O)c1cccc(C(=O)O)c1)C2. The monoisotopic (exact) mass is 288 g/mol. The molecular weight excluding hydrogens is 268 g/mol. The van der Waals surface area contributed by atoms with Crippen LogP contribution in [0.3, 0.4) is 0 Å². The van der Waals surface area contributed by atoms with Crippen LogP contribution in [0.4, 0.5) is 0 Å². The second-order valence-corrected chi connectivity index (χ2v) is 6.77. The lowest BCUT2D eigenvalue weighted by molar-refractivity contribution is 0.0697. The summed E-state index contributed by atoms with van der Waals surface area (Å²) in [6.07, 6.45) is 0. The van der Waals surface area contributed by atoms with Crippen molar-refractivity contribution >= 4 is 11.9 Å². The number of fused-ring (bicyclic) bond motifs is 1. The molecule has 3 rings (SSSR count). The van der Waals surface area contributed by atoms with Crippen molar-refractivity contribution in [1.82, 2.24) is 10.2 Å². The third kappa shape index (κ3) is 2.12. The normalized spacial score (nSPS) is 31.2. The van der Waals surface area contributed by atoms with Crippen LogP contribution < -0.4 is 5.32 Å². The Labute approximate surface area is 123 Å². The number of carbonyl (C=O) groups is 2. The Morgan fingerprint density at radius 2 is 1.71 bits per heavy atom. The van der Waals surface area contributed by atoms with Crippen molar-refractivity contribution in [2.24, 2.45) is 10.8 Å². The van der Waals surface area contributed by atoms with E-state index in [0.717, 1.165) is 13.1 Å². The molecule has 2 heterocycles. The third-order valence-electron chi connectivity index (χ3n) is 5.21. The van der Waals surface area contributed by atoms with Crippen LogP contribution in [0.15, 0.2) is 24.3 Å². The van der Waals surface area contributed by atoms with Crippen LogP contribution in [0.25, 0.3) is 0 Å². The van der Waals surface area contributed by atoms with Crippen LogP contribution in [0.1, 0.15) is 34.6 Å². The predicted molar refractivity (Wildman–Crippen MR) is 78.4 cm³/mol. The number of carbonyl (C=O) groups excluding carboxylic acids is 1. The van der Waals surface area contributed by atoms with Gasteiger partial charge in [0.25, 0.3) is 5.91 Å². The molecule has 0 spiro atoms. The average Bonchev–Trinajstić information content (AvgIpc) is 2.86. The fourth-order valence-corrected chi connectivity index (χ4v) is 3.54. The van der Waals surface area contributed by atoms with E-state index in [-0.39, 0.29) is 22.3 Å². The summed E-state index contributed by atoms with van der Waals surface area (Å²) < 4.78 is 0. The topological polar surface area (TPSA) is 69.6 Å². The Balaban J connectivity index is 1.84. The number of likely N-dealkylation sites (tertiary alicyclic amines) is 1. The van der Waals surface area contributed by atoms with E-state index in [1.165, 1.54) is 12.1 Å². The second kappa shape index (κ2) is 4.56. The molecule has 2 N–H and O–H groups in total. The zero-order valence-electron chi connectivity index (χ0n) is 12.3. The van der Waals surface area contributed by atoms with Gasteiger partial charge in [-0.1, -0.05) is 19.9 Å². The first kappa shape index (κ1) is 14.1. The summed E-state index contributed by atoms with van der Waals surface area (Å²) in [5, 5.41) is 12.4. The minimum absolute atomic E-state index is 0.0741. The van der Waals surface area contributed by atoms with Gasteiger partial charge in [0, 0.05) is 42.6 Å². The number of benzene rings is 1. The first-order chi connectivity index (χ1) is 9.85. The summed E-state index contributed by atoms with van der Waals surface area (Å²) in [4.78, 5) is 25.5. The minimum atomic E-state index is -1.01. The van der Waals surface area contributed by atoms with Gasteiger partial charge in [-0.15, -0.1) is 0 Å². The number of hydrogen-bond donors (Lipinski definition) is 2. The molecule has 1 amide bonds. The molecule has 0 radical (unpaired) electrons. The highest BCUT2D eigenvalue weighted by Gasteiger charge is 2.55.